The van der Waals surface area contributed by atoms with Gasteiger partial charge in [-0.2, -0.15) is 0 Å². The molecule has 4 amide bonds. The molecule has 7 nitrogen and oxygen atoms in total. The number of hydrogen-bond acceptors (Lipinski definition) is 3. The summed E-state index contributed by atoms with van der Waals surface area (Å²) >= 11 is 0. The Labute approximate surface area is 203 Å². The number of hydrogen-bond donors (Lipinski definition) is 2. The maximum Gasteiger partial charge on any atom is 0.329 e. The van der Waals surface area contributed by atoms with Crippen molar-refractivity contribution in [3.8, 4) is 5.69 Å². The fraction of sp³-hybridized carbons (Fsp3) is 0.222. The normalized spacial score (nSPS) is 14.7. The number of aromatic nitrogens is 1. The largest absolute Gasteiger partial charge is 0.329 e. The lowest BCUT2D eigenvalue weighted by Crippen LogP contribution is -2.38. The molecule has 1 aliphatic rings. The highest BCUT2D eigenvalue weighted by molar-refractivity contribution is 6.16. The molecular formula is C27H27FN4O3. The summed E-state index contributed by atoms with van der Waals surface area (Å²) in [5.74, 6) is -1.47. The van der Waals surface area contributed by atoms with Crippen LogP contribution in [0.15, 0.2) is 60.3 Å². The summed E-state index contributed by atoms with van der Waals surface area (Å²) in [7, 11) is 0. The van der Waals surface area contributed by atoms with Crippen LogP contribution in [0.4, 0.5) is 14.9 Å². The van der Waals surface area contributed by atoms with Crippen LogP contribution >= 0.6 is 0 Å². The summed E-state index contributed by atoms with van der Waals surface area (Å²) < 4.78 is 15.9. The van der Waals surface area contributed by atoms with E-state index >= 15 is 0 Å². The zero-order chi connectivity index (χ0) is 25.3. The molecule has 0 saturated carbocycles. The minimum Gasteiger partial charge on any atom is -0.322 e. The highest BCUT2D eigenvalue weighted by atomic mass is 19.1. The number of nitrogens with zero attached hydrogens (tertiary/aromatic N) is 2. The van der Waals surface area contributed by atoms with Crippen molar-refractivity contribution < 1.29 is 18.8 Å². The second-order valence-corrected chi connectivity index (χ2v) is 8.82. The Morgan fingerprint density at radius 3 is 2.43 bits per heavy atom. The van der Waals surface area contributed by atoms with Crippen molar-refractivity contribution >= 4 is 29.6 Å². The van der Waals surface area contributed by atoms with E-state index in [0.717, 1.165) is 27.5 Å². The number of aryl methyl sites for hydroxylation is 1. The van der Waals surface area contributed by atoms with Crippen molar-refractivity contribution in [3.05, 3.63) is 88.6 Å². The summed E-state index contributed by atoms with van der Waals surface area (Å²) in [5, 5.41) is 4.91. The van der Waals surface area contributed by atoms with Gasteiger partial charge in [-0.25, -0.2) is 14.1 Å². The van der Waals surface area contributed by atoms with Crippen molar-refractivity contribution in [1.82, 2.24) is 14.8 Å². The maximum atomic E-state index is 13.8. The summed E-state index contributed by atoms with van der Waals surface area (Å²) in [4.78, 5) is 38.4. The molecule has 0 unspecified atom stereocenters. The van der Waals surface area contributed by atoms with Crippen molar-refractivity contribution in [3.63, 3.8) is 0 Å². The van der Waals surface area contributed by atoms with Crippen LogP contribution in [-0.4, -0.2) is 33.9 Å². The monoisotopic (exact) mass is 474 g/mol. The molecule has 1 aliphatic heterocycles. The third kappa shape index (κ3) is 4.87. The number of carbonyl (C=O) groups is 3. The van der Waals surface area contributed by atoms with E-state index in [2.05, 4.69) is 53.3 Å². The summed E-state index contributed by atoms with van der Waals surface area (Å²) in [5.41, 5.74) is 4.96. The van der Waals surface area contributed by atoms with Gasteiger partial charge in [0.2, 0.25) is 5.91 Å². The first-order valence-electron chi connectivity index (χ1n) is 11.3. The highest BCUT2D eigenvalue weighted by Gasteiger charge is 2.35. The fourth-order valence-electron chi connectivity index (χ4n) is 4.11. The third-order valence-electron chi connectivity index (χ3n) is 6.00. The molecule has 1 aromatic heterocycles. The van der Waals surface area contributed by atoms with Crippen LogP contribution in [0.2, 0.25) is 0 Å². The minimum atomic E-state index is -0.706. The lowest BCUT2D eigenvalue weighted by Gasteiger charge is -2.12. The predicted octanol–water partition coefficient (Wildman–Crippen LogP) is 4.89. The quantitative estimate of drug-likeness (QED) is 0.394. The van der Waals surface area contributed by atoms with Gasteiger partial charge in [0.25, 0.3) is 5.91 Å². The first kappa shape index (κ1) is 23.9. The van der Waals surface area contributed by atoms with E-state index in [4.69, 9.17) is 0 Å². The van der Waals surface area contributed by atoms with Crippen LogP contribution in [0.25, 0.3) is 11.8 Å². The number of para-hydroxylation sites is 1. The van der Waals surface area contributed by atoms with E-state index < -0.39 is 30.2 Å². The molecule has 0 bridgehead atoms. The highest BCUT2D eigenvalue weighted by Crippen LogP contribution is 2.25. The Bertz CT molecular complexity index is 1340. The molecule has 1 fully saturated rings. The molecule has 8 heteroatoms. The van der Waals surface area contributed by atoms with Crippen LogP contribution in [0.5, 0.6) is 0 Å². The van der Waals surface area contributed by atoms with Gasteiger partial charge in [-0.05, 0) is 67.3 Å². The summed E-state index contributed by atoms with van der Waals surface area (Å²) in [6.45, 7) is 7.67. The molecule has 3 aromatic rings. The molecule has 0 aliphatic carbocycles. The van der Waals surface area contributed by atoms with E-state index in [0.29, 0.717) is 5.92 Å². The van der Waals surface area contributed by atoms with Gasteiger partial charge < -0.3 is 15.2 Å². The molecule has 2 aromatic carbocycles. The van der Waals surface area contributed by atoms with E-state index in [1.165, 1.54) is 23.8 Å². The van der Waals surface area contributed by atoms with Gasteiger partial charge in [-0.3, -0.25) is 9.59 Å². The number of amides is 4. The second kappa shape index (κ2) is 9.58. The summed E-state index contributed by atoms with van der Waals surface area (Å²) in [6, 6.07) is 15.2. The number of rotatable bonds is 6. The van der Waals surface area contributed by atoms with Gasteiger partial charge in [-0.15, -0.1) is 0 Å². The third-order valence-corrected chi connectivity index (χ3v) is 6.00. The van der Waals surface area contributed by atoms with E-state index in [9.17, 15) is 18.8 Å². The van der Waals surface area contributed by atoms with Gasteiger partial charge in [-0.1, -0.05) is 38.1 Å². The molecule has 0 spiro atoms. The minimum absolute atomic E-state index is 0.0193. The molecule has 1 saturated heterocycles. The fourth-order valence-corrected chi connectivity index (χ4v) is 4.11. The van der Waals surface area contributed by atoms with Crippen LogP contribution < -0.4 is 10.6 Å². The number of nitrogens with one attached hydrogen (secondary N) is 2. The number of imide groups is 1. The molecule has 2 N–H and O–H groups in total. The Morgan fingerprint density at radius 1 is 1.09 bits per heavy atom. The van der Waals surface area contributed by atoms with Gasteiger partial charge >= 0.3 is 6.03 Å². The number of anilines is 1. The number of halogens is 1. The zero-order valence-corrected chi connectivity index (χ0v) is 20.1. The molecular weight excluding hydrogens is 447 g/mol. The molecule has 4 rings (SSSR count). The first-order valence-corrected chi connectivity index (χ1v) is 11.3. The molecule has 180 valence electrons. The van der Waals surface area contributed by atoms with E-state index in [1.54, 1.807) is 12.1 Å². The molecule has 0 radical (unpaired) electrons. The Kier molecular flexibility index (Phi) is 6.55. The van der Waals surface area contributed by atoms with Crippen LogP contribution in [0.3, 0.4) is 0 Å². The topological polar surface area (TPSA) is 83.4 Å². The molecule has 2 heterocycles. The van der Waals surface area contributed by atoms with Crippen molar-refractivity contribution in [2.75, 3.05) is 11.9 Å². The van der Waals surface area contributed by atoms with Crippen molar-refractivity contribution in [2.24, 2.45) is 0 Å². The van der Waals surface area contributed by atoms with Gasteiger partial charge in [0.1, 0.15) is 18.1 Å². The van der Waals surface area contributed by atoms with E-state index in [-0.39, 0.29) is 11.4 Å². The number of benzene rings is 2. The Morgan fingerprint density at radius 2 is 1.77 bits per heavy atom. The lowest BCUT2D eigenvalue weighted by molar-refractivity contribution is -0.127. The van der Waals surface area contributed by atoms with E-state index in [1.807, 2.05) is 19.9 Å². The second-order valence-electron chi connectivity index (χ2n) is 8.82. The Hall–Kier alpha value is -4.20. The van der Waals surface area contributed by atoms with Crippen LogP contribution in [0.1, 0.15) is 42.3 Å². The van der Waals surface area contributed by atoms with Gasteiger partial charge in [0.15, 0.2) is 0 Å². The van der Waals surface area contributed by atoms with Crippen molar-refractivity contribution in [1.29, 1.82) is 0 Å². The van der Waals surface area contributed by atoms with Gasteiger partial charge in [0.05, 0.1) is 5.69 Å². The molecule has 35 heavy (non-hydrogen) atoms. The Balaban J connectivity index is 1.53. The number of carbonyl (C=O) groups excluding carboxylic acids is 3. The average molecular weight is 475 g/mol. The predicted molar refractivity (Wildman–Crippen MR) is 133 cm³/mol. The van der Waals surface area contributed by atoms with Crippen LogP contribution in [-0.2, 0) is 9.59 Å². The first-order chi connectivity index (χ1) is 16.7. The van der Waals surface area contributed by atoms with Crippen LogP contribution in [0, 0.1) is 19.7 Å². The van der Waals surface area contributed by atoms with Gasteiger partial charge in [0, 0.05) is 17.1 Å². The maximum absolute atomic E-state index is 13.8. The standard InChI is InChI=1S/C27H27FN4O3/c1-16(2)19-9-11-21(12-10-19)32-17(3)13-20(18(32)4)14-24-26(34)31(27(35)30-24)15-25(33)29-23-8-6-5-7-22(23)28/h5-14,16H,15H2,1-4H3,(H,29,33)(H,30,35)/b24-14+. The number of urea groups is 1. The zero-order valence-electron chi connectivity index (χ0n) is 20.1. The summed E-state index contributed by atoms with van der Waals surface area (Å²) in [6.07, 6.45) is 1.61. The smallest absolute Gasteiger partial charge is 0.322 e. The SMILES string of the molecule is Cc1cc(/C=C2/NC(=O)N(CC(=O)Nc3ccccc3F)C2=O)c(C)n1-c1ccc(C(C)C)cc1. The molecule has 0 atom stereocenters. The van der Waals surface area contributed by atoms with Crippen molar-refractivity contribution in [2.45, 2.75) is 33.6 Å². The average Bonchev–Trinajstić information content (AvgIpc) is 3.24. The lowest BCUT2D eigenvalue weighted by atomic mass is 10.0.